The highest BCUT2D eigenvalue weighted by molar-refractivity contribution is 5.67. The van der Waals surface area contributed by atoms with Gasteiger partial charge in [0, 0.05) is 20.2 Å². The topological polar surface area (TPSA) is 59.0 Å². The molecule has 15 heavy (non-hydrogen) atoms. The molecule has 1 N–H and O–H groups in total. The van der Waals surface area contributed by atoms with Crippen LogP contribution in [0.4, 0.5) is 4.79 Å². The summed E-state index contributed by atoms with van der Waals surface area (Å²) in [5.41, 5.74) is 0. The Morgan fingerprint density at radius 3 is 2.53 bits per heavy atom. The minimum absolute atomic E-state index is 0.0421. The summed E-state index contributed by atoms with van der Waals surface area (Å²) in [6.07, 6.45) is -0.394. The molecule has 0 aliphatic carbocycles. The van der Waals surface area contributed by atoms with Gasteiger partial charge in [0.05, 0.1) is 13.2 Å². The summed E-state index contributed by atoms with van der Waals surface area (Å²) in [5.74, 6) is 0.378. The monoisotopic (exact) mass is 219 g/mol. The number of carbonyl (C=O) groups is 1. The Labute approximate surface area is 91.0 Å². The molecule has 90 valence electrons. The molecule has 0 spiro atoms. The normalized spacial score (nSPS) is 10.5. The molecule has 0 aromatic rings. The summed E-state index contributed by atoms with van der Waals surface area (Å²) in [5, 5.41) is 8.53. The quantitative estimate of drug-likeness (QED) is 0.685. The zero-order valence-corrected chi connectivity index (χ0v) is 9.73. The molecule has 0 saturated heterocycles. The molecule has 0 aliphatic heterocycles. The number of amides is 1. The van der Waals surface area contributed by atoms with Crippen LogP contribution < -0.4 is 0 Å². The van der Waals surface area contributed by atoms with Crippen LogP contribution in [0.2, 0.25) is 0 Å². The molecular weight excluding hydrogens is 198 g/mol. The molecule has 1 amide bonds. The Balaban J connectivity index is 4.02. The third-order valence-electron chi connectivity index (χ3n) is 1.73. The number of nitrogens with zero attached hydrogens (tertiary/aromatic N) is 1. The third-order valence-corrected chi connectivity index (χ3v) is 1.73. The van der Waals surface area contributed by atoms with Gasteiger partial charge in [0.25, 0.3) is 0 Å². The van der Waals surface area contributed by atoms with Crippen molar-refractivity contribution in [1.82, 2.24) is 4.90 Å². The van der Waals surface area contributed by atoms with Gasteiger partial charge in [0.1, 0.15) is 6.61 Å². The van der Waals surface area contributed by atoms with Gasteiger partial charge in [-0.3, -0.25) is 0 Å². The Bertz CT molecular complexity index is 173. The first-order valence-electron chi connectivity index (χ1n) is 5.13. The summed E-state index contributed by atoms with van der Waals surface area (Å²) in [6, 6.07) is 0. The molecular formula is C10H21NO4. The van der Waals surface area contributed by atoms with Crippen LogP contribution in [0.5, 0.6) is 0 Å². The molecule has 5 nitrogen and oxygen atoms in total. The Hall–Kier alpha value is -0.810. The molecule has 0 heterocycles. The van der Waals surface area contributed by atoms with E-state index in [1.165, 1.54) is 0 Å². The molecule has 0 rings (SSSR count). The third kappa shape index (κ3) is 7.16. The average Bonchev–Trinajstić information content (AvgIpc) is 2.20. The van der Waals surface area contributed by atoms with Gasteiger partial charge in [-0.1, -0.05) is 13.8 Å². The number of aliphatic hydroxyl groups excluding tert-OH is 1. The van der Waals surface area contributed by atoms with Crippen LogP contribution in [0.3, 0.4) is 0 Å². The van der Waals surface area contributed by atoms with Gasteiger partial charge in [-0.05, 0) is 5.92 Å². The van der Waals surface area contributed by atoms with E-state index in [9.17, 15) is 4.79 Å². The van der Waals surface area contributed by atoms with Crippen LogP contribution in [-0.2, 0) is 9.47 Å². The van der Waals surface area contributed by atoms with Gasteiger partial charge in [-0.2, -0.15) is 0 Å². The van der Waals surface area contributed by atoms with E-state index in [1.807, 2.05) is 13.8 Å². The van der Waals surface area contributed by atoms with Crippen molar-refractivity contribution in [2.24, 2.45) is 5.92 Å². The highest BCUT2D eigenvalue weighted by Gasteiger charge is 2.15. The lowest BCUT2D eigenvalue weighted by atomic mass is 10.2. The van der Waals surface area contributed by atoms with Gasteiger partial charge in [0.2, 0.25) is 0 Å². The number of carbonyl (C=O) groups excluding carboxylic acids is 1. The minimum atomic E-state index is -0.394. The summed E-state index contributed by atoms with van der Waals surface area (Å²) < 4.78 is 9.74. The highest BCUT2D eigenvalue weighted by Crippen LogP contribution is 2.01. The fourth-order valence-corrected chi connectivity index (χ4v) is 1.12. The average molecular weight is 219 g/mol. The molecule has 0 aliphatic rings. The molecule has 0 radical (unpaired) electrons. The Kier molecular flexibility index (Phi) is 8.04. The van der Waals surface area contributed by atoms with E-state index < -0.39 is 6.09 Å². The lowest BCUT2D eigenvalue weighted by Crippen LogP contribution is -2.37. The second-order valence-electron chi connectivity index (χ2n) is 3.67. The van der Waals surface area contributed by atoms with Crippen LogP contribution in [0.1, 0.15) is 13.8 Å². The molecule has 0 aromatic carbocycles. The standard InChI is InChI=1S/C10H21NO4/c1-9(2)8-11(4-6-14-3)10(13)15-7-5-12/h9,12H,4-8H2,1-3H3. The first-order valence-corrected chi connectivity index (χ1v) is 5.13. The number of hydrogen-bond acceptors (Lipinski definition) is 4. The van der Waals surface area contributed by atoms with Gasteiger partial charge < -0.3 is 19.5 Å². The smallest absolute Gasteiger partial charge is 0.409 e. The second kappa shape index (κ2) is 8.49. The van der Waals surface area contributed by atoms with Gasteiger partial charge in [0.15, 0.2) is 0 Å². The number of rotatable bonds is 7. The van der Waals surface area contributed by atoms with E-state index in [2.05, 4.69) is 0 Å². The van der Waals surface area contributed by atoms with Crippen molar-refractivity contribution >= 4 is 6.09 Å². The molecule has 0 bridgehead atoms. The number of methoxy groups -OCH3 is 1. The van der Waals surface area contributed by atoms with Crippen LogP contribution in [-0.4, -0.2) is 56.1 Å². The minimum Gasteiger partial charge on any atom is -0.447 e. The maximum Gasteiger partial charge on any atom is 0.409 e. The van der Waals surface area contributed by atoms with Crippen LogP contribution >= 0.6 is 0 Å². The number of hydrogen-bond donors (Lipinski definition) is 1. The number of aliphatic hydroxyl groups is 1. The Morgan fingerprint density at radius 1 is 1.40 bits per heavy atom. The van der Waals surface area contributed by atoms with Crippen molar-refractivity contribution in [3.63, 3.8) is 0 Å². The van der Waals surface area contributed by atoms with Crippen molar-refractivity contribution in [1.29, 1.82) is 0 Å². The van der Waals surface area contributed by atoms with Crippen molar-refractivity contribution in [3.8, 4) is 0 Å². The van der Waals surface area contributed by atoms with Crippen LogP contribution in [0.15, 0.2) is 0 Å². The molecule has 0 unspecified atom stereocenters. The molecule has 0 fully saturated rings. The van der Waals surface area contributed by atoms with E-state index in [1.54, 1.807) is 12.0 Å². The maximum absolute atomic E-state index is 11.5. The molecule has 0 atom stereocenters. The summed E-state index contributed by atoms with van der Waals surface area (Å²) >= 11 is 0. The molecule has 0 aromatic heterocycles. The first-order chi connectivity index (χ1) is 7.11. The van der Waals surface area contributed by atoms with Gasteiger partial charge >= 0.3 is 6.09 Å². The fourth-order valence-electron chi connectivity index (χ4n) is 1.12. The SMILES string of the molecule is COCCN(CC(C)C)C(=O)OCCO. The zero-order chi connectivity index (χ0) is 11.7. The van der Waals surface area contributed by atoms with Gasteiger partial charge in [-0.25, -0.2) is 4.79 Å². The van der Waals surface area contributed by atoms with Crippen molar-refractivity contribution in [2.75, 3.05) is 40.0 Å². The maximum atomic E-state index is 11.5. The Morgan fingerprint density at radius 2 is 2.07 bits per heavy atom. The van der Waals surface area contributed by atoms with Crippen molar-refractivity contribution in [3.05, 3.63) is 0 Å². The van der Waals surface area contributed by atoms with E-state index in [0.29, 0.717) is 25.6 Å². The second-order valence-corrected chi connectivity index (χ2v) is 3.67. The molecule has 5 heteroatoms. The van der Waals surface area contributed by atoms with Crippen molar-refractivity contribution < 1.29 is 19.4 Å². The summed E-state index contributed by atoms with van der Waals surface area (Å²) in [4.78, 5) is 13.1. The van der Waals surface area contributed by atoms with E-state index in [0.717, 1.165) is 0 Å². The summed E-state index contributed by atoms with van der Waals surface area (Å²) in [7, 11) is 1.59. The van der Waals surface area contributed by atoms with Gasteiger partial charge in [-0.15, -0.1) is 0 Å². The highest BCUT2D eigenvalue weighted by atomic mass is 16.6. The fraction of sp³-hybridized carbons (Fsp3) is 0.900. The van der Waals surface area contributed by atoms with Crippen LogP contribution in [0.25, 0.3) is 0 Å². The summed E-state index contributed by atoms with van der Waals surface area (Å²) in [6.45, 7) is 5.58. The van der Waals surface area contributed by atoms with Crippen molar-refractivity contribution in [2.45, 2.75) is 13.8 Å². The lowest BCUT2D eigenvalue weighted by molar-refractivity contribution is 0.0699. The van der Waals surface area contributed by atoms with E-state index >= 15 is 0 Å². The predicted octanol–water partition coefficient (Wildman–Crippen LogP) is 0.720. The zero-order valence-electron chi connectivity index (χ0n) is 9.73. The molecule has 0 saturated carbocycles. The van der Waals surface area contributed by atoms with Crippen LogP contribution in [0, 0.1) is 5.92 Å². The number of ether oxygens (including phenoxy) is 2. The predicted molar refractivity (Wildman–Crippen MR) is 56.7 cm³/mol. The largest absolute Gasteiger partial charge is 0.447 e. The van der Waals surface area contributed by atoms with E-state index in [-0.39, 0.29) is 13.2 Å². The first kappa shape index (κ1) is 14.2. The van der Waals surface area contributed by atoms with E-state index in [4.69, 9.17) is 14.6 Å². The lowest BCUT2D eigenvalue weighted by Gasteiger charge is -2.23.